The second-order valence-electron chi connectivity index (χ2n) is 4.94. The number of carbonyl (C=O) groups excluding carboxylic acids is 1. The first-order valence-corrected chi connectivity index (χ1v) is 7.41. The molecule has 5 nitrogen and oxygen atoms in total. The highest BCUT2D eigenvalue weighted by Gasteiger charge is 1.99. The molecule has 0 aliphatic heterocycles. The number of nitrogens with zero attached hydrogens (tertiary/aromatic N) is 1. The van der Waals surface area contributed by atoms with E-state index in [1.807, 2.05) is 19.1 Å². The molecule has 1 heterocycles. The molecule has 6 heteroatoms. The largest absolute Gasteiger partial charge is 0.479 e. The van der Waals surface area contributed by atoms with Gasteiger partial charge in [0, 0.05) is 12.2 Å². The van der Waals surface area contributed by atoms with Crippen molar-refractivity contribution < 1.29 is 13.9 Å². The first-order valence-electron chi connectivity index (χ1n) is 7.41. The minimum atomic E-state index is -0.336. The van der Waals surface area contributed by atoms with E-state index in [0.717, 1.165) is 11.3 Å². The zero-order valence-corrected chi connectivity index (χ0v) is 13.3. The summed E-state index contributed by atoms with van der Waals surface area (Å²) in [6.07, 6.45) is 1.64. The van der Waals surface area contributed by atoms with E-state index in [1.54, 1.807) is 18.3 Å². The molecule has 124 valence electrons. The number of ether oxygens (including phenoxy) is 1. The number of urea groups is 1. The van der Waals surface area contributed by atoms with E-state index in [9.17, 15) is 9.18 Å². The number of aromatic nitrogens is 1. The Morgan fingerprint density at radius 1 is 1.17 bits per heavy atom. The van der Waals surface area contributed by atoms with Gasteiger partial charge < -0.3 is 15.4 Å². The molecule has 1 aromatic heterocycles. The summed E-state index contributed by atoms with van der Waals surface area (Å²) in [6.45, 7) is 2.66. The van der Waals surface area contributed by atoms with Crippen LogP contribution in [0.1, 0.15) is 11.3 Å². The number of benzene rings is 1. The molecule has 24 heavy (non-hydrogen) atoms. The number of rotatable bonds is 5. The lowest BCUT2D eigenvalue weighted by molar-refractivity contribution is 0.241. The molecule has 0 atom stereocenters. The van der Waals surface area contributed by atoms with Crippen molar-refractivity contribution in [3.63, 3.8) is 0 Å². The van der Waals surface area contributed by atoms with E-state index >= 15 is 0 Å². The van der Waals surface area contributed by atoms with Crippen molar-refractivity contribution in [1.82, 2.24) is 15.6 Å². The Morgan fingerprint density at radius 2 is 1.96 bits per heavy atom. The average molecular weight is 327 g/mol. The fourth-order valence-electron chi connectivity index (χ4n) is 1.74. The molecule has 0 saturated heterocycles. The molecule has 2 N–H and O–H groups in total. The summed E-state index contributed by atoms with van der Waals surface area (Å²) in [6, 6.07) is 9.28. The van der Waals surface area contributed by atoms with Gasteiger partial charge in [0.25, 0.3) is 0 Å². The summed E-state index contributed by atoms with van der Waals surface area (Å²) in [7, 11) is 0. The maximum Gasteiger partial charge on any atom is 0.315 e. The zero-order valence-electron chi connectivity index (χ0n) is 13.3. The fraction of sp³-hybridized carbons (Fsp3) is 0.222. The summed E-state index contributed by atoms with van der Waals surface area (Å²) < 4.78 is 18.1. The molecule has 2 amide bonds. The highest BCUT2D eigenvalue weighted by molar-refractivity contribution is 5.74. The van der Waals surface area contributed by atoms with Crippen LogP contribution in [0.2, 0.25) is 0 Å². The van der Waals surface area contributed by atoms with Gasteiger partial charge in [0.2, 0.25) is 0 Å². The van der Waals surface area contributed by atoms with Crippen molar-refractivity contribution in [2.75, 3.05) is 13.2 Å². The summed E-state index contributed by atoms with van der Waals surface area (Å²) in [5.41, 5.74) is 1.74. The van der Waals surface area contributed by atoms with Gasteiger partial charge in [0.15, 0.2) is 0 Å². The Balaban J connectivity index is 1.60. The van der Waals surface area contributed by atoms with Crippen molar-refractivity contribution in [2.45, 2.75) is 13.5 Å². The van der Waals surface area contributed by atoms with Gasteiger partial charge in [-0.3, -0.25) is 4.98 Å². The molecule has 0 spiro atoms. The second-order valence-corrected chi connectivity index (χ2v) is 4.94. The van der Waals surface area contributed by atoms with Crippen molar-refractivity contribution in [2.24, 2.45) is 0 Å². The van der Waals surface area contributed by atoms with E-state index in [-0.39, 0.29) is 25.0 Å². The molecular formula is C18H18FN3O2. The molecule has 0 aliphatic carbocycles. The number of aryl methyl sites for hydroxylation is 1. The Kier molecular flexibility index (Phi) is 6.59. The third kappa shape index (κ3) is 6.36. The molecule has 2 aromatic rings. The topological polar surface area (TPSA) is 63.2 Å². The number of hydrogen-bond acceptors (Lipinski definition) is 3. The normalized spacial score (nSPS) is 9.58. The predicted octanol–water partition coefficient (Wildman–Crippen LogP) is 2.41. The first-order chi connectivity index (χ1) is 11.6. The van der Waals surface area contributed by atoms with Crippen LogP contribution in [0.4, 0.5) is 9.18 Å². The Morgan fingerprint density at radius 3 is 2.67 bits per heavy atom. The highest BCUT2D eigenvalue weighted by Crippen LogP contribution is 2.07. The number of carbonyl (C=O) groups is 1. The van der Waals surface area contributed by atoms with Gasteiger partial charge in [-0.15, -0.1) is 0 Å². The molecule has 1 aromatic carbocycles. The predicted molar refractivity (Wildman–Crippen MR) is 88.9 cm³/mol. The molecule has 0 radical (unpaired) electrons. The molecule has 0 saturated carbocycles. The van der Waals surface area contributed by atoms with Gasteiger partial charge in [-0.05, 0) is 36.8 Å². The second kappa shape index (κ2) is 9.16. The van der Waals surface area contributed by atoms with E-state index in [2.05, 4.69) is 27.5 Å². The molecule has 0 bridgehead atoms. The highest BCUT2D eigenvalue weighted by atomic mass is 19.1. The lowest BCUT2D eigenvalue weighted by atomic mass is 10.2. The van der Waals surface area contributed by atoms with E-state index < -0.39 is 0 Å². The van der Waals surface area contributed by atoms with Crippen LogP contribution in [0.25, 0.3) is 0 Å². The minimum Gasteiger partial charge on any atom is -0.479 e. The Bertz CT molecular complexity index is 719. The Hall–Kier alpha value is -3.07. The monoisotopic (exact) mass is 327 g/mol. The zero-order chi connectivity index (χ0) is 17.2. The van der Waals surface area contributed by atoms with E-state index in [0.29, 0.717) is 12.3 Å². The third-order valence-corrected chi connectivity index (χ3v) is 3.02. The maximum atomic E-state index is 12.8. The lowest BCUT2D eigenvalue weighted by Gasteiger charge is -2.05. The van der Waals surface area contributed by atoms with E-state index in [1.165, 1.54) is 12.1 Å². The SMILES string of the molecule is Cc1ccc(OCC#CCNC(=O)NCc2ccc(F)cc2)cn1. The number of halogens is 1. The summed E-state index contributed by atoms with van der Waals surface area (Å²) in [5, 5.41) is 5.27. The van der Waals surface area contributed by atoms with Crippen molar-refractivity contribution in [3.05, 3.63) is 59.7 Å². The quantitative estimate of drug-likeness (QED) is 0.829. The smallest absolute Gasteiger partial charge is 0.315 e. The van der Waals surface area contributed by atoms with Crippen LogP contribution in [0.3, 0.4) is 0 Å². The van der Waals surface area contributed by atoms with Crippen LogP contribution >= 0.6 is 0 Å². The van der Waals surface area contributed by atoms with Crippen LogP contribution in [0, 0.1) is 24.6 Å². The van der Waals surface area contributed by atoms with Gasteiger partial charge in [0.05, 0.1) is 12.7 Å². The molecule has 0 unspecified atom stereocenters. The van der Waals surface area contributed by atoms with Crippen LogP contribution < -0.4 is 15.4 Å². The van der Waals surface area contributed by atoms with Crippen molar-refractivity contribution in [1.29, 1.82) is 0 Å². The van der Waals surface area contributed by atoms with Crippen LogP contribution in [-0.2, 0) is 6.54 Å². The first kappa shape index (κ1) is 17.3. The van der Waals surface area contributed by atoms with Gasteiger partial charge in [-0.1, -0.05) is 24.0 Å². The van der Waals surface area contributed by atoms with Crippen LogP contribution in [-0.4, -0.2) is 24.2 Å². The van der Waals surface area contributed by atoms with Gasteiger partial charge in [-0.2, -0.15) is 0 Å². The van der Waals surface area contributed by atoms with Crippen LogP contribution in [0.15, 0.2) is 42.6 Å². The summed E-state index contributed by atoms with van der Waals surface area (Å²) in [4.78, 5) is 15.7. The molecule has 0 fully saturated rings. The average Bonchev–Trinajstić information content (AvgIpc) is 2.59. The molecule has 0 aliphatic rings. The number of hydrogen-bond donors (Lipinski definition) is 2. The maximum absolute atomic E-state index is 12.8. The van der Waals surface area contributed by atoms with Gasteiger partial charge in [-0.25, -0.2) is 9.18 Å². The fourth-order valence-corrected chi connectivity index (χ4v) is 1.74. The van der Waals surface area contributed by atoms with Crippen molar-refractivity contribution >= 4 is 6.03 Å². The van der Waals surface area contributed by atoms with Gasteiger partial charge in [0.1, 0.15) is 18.2 Å². The number of pyridine rings is 1. The van der Waals surface area contributed by atoms with Crippen LogP contribution in [0.5, 0.6) is 5.75 Å². The van der Waals surface area contributed by atoms with E-state index in [4.69, 9.17) is 4.74 Å². The number of amides is 2. The standard InChI is InChI=1S/C18H18FN3O2/c1-14-4-9-17(13-21-14)24-11-3-2-10-20-18(23)22-12-15-5-7-16(19)8-6-15/h4-9,13H,10-12H2,1H3,(H2,20,22,23). The number of nitrogens with one attached hydrogen (secondary N) is 2. The minimum absolute atomic E-state index is 0.213. The lowest BCUT2D eigenvalue weighted by Crippen LogP contribution is -2.35. The summed E-state index contributed by atoms with van der Waals surface area (Å²) in [5.74, 6) is 5.94. The molecule has 2 rings (SSSR count). The Labute approximate surface area is 140 Å². The third-order valence-electron chi connectivity index (χ3n) is 3.02. The van der Waals surface area contributed by atoms with Gasteiger partial charge >= 0.3 is 6.03 Å². The summed E-state index contributed by atoms with van der Waals surface area (Å²) >= 11 is 0. The van der Waals surface area contributed by atoms with Crippen molar-refractivity contribution in [3.8, 4) is 17.6 Å². The molecular weight excluding hydrogens is 309 g/mol.